The van der Waals surface area contributed by atoms with Crippen LogP contribution in [0.15, 0.2) is 95.8 Å². The van der Waals surface area contributed by atoms with Gasteiger partial charge in [-0.2, -0.15) is 5.10 Å². The van der Waals surface area contributed by atoms with E-state index in [9.17, 15) is 9.59 Å². The zero-order valence-electron chi connectivity index (χ0n) is 39.8. The van der Waals surface area contributed by atoms with Gasteiger partial charge in [0.15, 0.2) is 18.5 Å². The van der Waals surface area contributed by atoms with Crippen LogP contribution in [-0.2, 0) is 30.8 Å². The van der Waals surface area contributed by atoms with Gasteiger partial charge in [-0.1, -0.05) is 70.5 Å². The molecule has 0 saturated carbocycles. The number of carbonyl (C=O) groups excluding carboxylic acids is 1. The first-order valence-electron chi connectivity index (χ1n) is 21.5. The van der Waals surface area contributed by atoms with Gasteiger partial charge in [-0.05, 0) is 71.9 Å². The Morgan fingerprint density at radius 1 is 0.809 bits per heavy atom. The number of ketones is 1. The average Bonchev–Trinajstić information content (AvgIpc) is 4.13. The molecule has 8 rings (SSSR count). The van der Waals surface area contributed by atoms with Crippen LogP contribution in [0.3, 0.4) is 0 Å². The van der Waals surface area contributed by atoms with Gasteiger partial charge >= 0.3 is 5.97 Å². The third-order valence-corrected chi connectivity index (χ3v) is 13.0. The molecule has 2 aromatic carbocycles. The maximum atomic E-state index is 12.7. The number of aryl methyl sites for hydroxylation is 4. The monoisotopic (exact) mass is 974 g/mol. The molecule has 354 valence electrons. The Bertz CT molecular complexity index is 2980. The van der Waals surface area contributed by atoms with E-state index in [4.69, 9.17) is 10.8 Å². The summed E-state index contributed by atoms with van der Waals surface area (Å²) in [5.74, 6) is 0.189. The van der Waals surface area contributed by atoms with Gasteiger partial charge in [-0.3, -0.25) is 9.48 Å². The van der Waals surface area contributed by atoms with Crippen LogP contribution in [0, 0.1) is 13.8 Å². The molecule has 0 bridgehead atoms. The van der Waals surface area contributed by atoms with Crippen LogP contribution >= 0.6 is 35.1 Å². The lowest BCUT2D eigenvalue weighted by molar-refractivity contribution is -0.493. The fourth-order valence-electron chi connectivity index (χ4n) is 6.40. The summed E-state index contributed by atoms with van der Waals surface area (Å²) in [4.78, 5) is 54.7. The molecule has 0 radical (unpaired) electrons. The van der Waals surface area contributed by atoms with Crippen LogP contribution in [-0.4, -0.2) is 86.4 Å². The third kappa shape index (κ3) is 14.4. The second-order valence-electron chi connectivity index (χ2n) is 17.8. The van der Waals surface area contributed by atoms with Gasteiger partial charge in [-0.25, -0.2) is 39.7 Å². The number of hydrazone groups is 1. The number of nitrogens with two attached hydrogens (primary N) is 1. The van der Waals surface area contributed by atoms with Crippen molar-refractivity contribution in [3.63, 3.8) is 0 Å². The minimum absolute atomic E-state index is 0. The van der Waals surface area contributed by atoms with E-state index in [-0.39, 0.29) is 29.0 Å². The highest BCUT2D eigenvalue weighted by molar-refractivity contribution is 7.14. The van der Waals surface area contributed by atoms with E-state index in [1.54, 1.807) is 40.4 Å². The van der Waals surface area contributed by atoms with Crippen molar-refractivity contribution < 1.29 is 19.4 Å². The first-order chi connectivity index (χ1) is 31.7. The third-order valence-electron chi connectivity index (χ3n) is 10.1. The van der Waals surface area contributed by atoms with Crippen LogP contribution in [0.2, 0.25) is 0 Å². The highest BCUT2D eigenvalue weighted by atomic mass is 35.5. The van der Waals surface area contributed by atoms with Crippen molar-refractivity contribution >= 4 is 82.6 Å². The Kier molecular flexibility index (Phi) is 17.6. The quantitative estimate of drug-likeness (QED) is 0.0816. The van der Waals surface area contributed by atoms with Crippen LogP contribution in [0.1, 0.15) is 99.6 Å². The van der Waals surface area contributed by atoms with Gasteiger partial charge < -0.3 is 16.2 Å². The summed E-state index contributed by atoms with van der Waals surface area (Å²) in [6.45, 7) is 17.0. The molecule has 0 amide bonds. The molecule has 0 spiro atoms. The molecule has 1 aliphatic heterocycles. The van der Waals surface area contributed by atoms with E-state index < -0.39 is 5.97 Å². The van der Waals surface area contributed by atoms with Gasteiger partial charge in [0.05, 0.1) is 44.4 Å². The predicted molar refractivity (Wildman–Crippen MR) is 275 cm³/mol. The largest absolute Gasteiger partial charge is 0.477 e. The van der Waals surface area contributed by atoms with Gasteiger partial charge in [0.25, 0.3) is 5.95 Å². The van der Waals surface area contributed by atoms with Crippen molar-refractivity contribution in [1.82, 2.24) is 39.7 Å². The average molecular weight is 976 g/mol. The molecule has 0 saturated heterocycles. The molecule has 16 nitrogen and oxygen atoms in total. The zero-order chi connectivity index (χ0) is 48.5. The number of halogens is 1. The molecule has 68 heavy (non-hydrogen) atoms. The number of hydrogen-bond donors (Lipinski definition) is 3. The Labute approximate surface area is 410 Å². The number of hydrogen-bond acceptors (Lipinski definition) is 15. The first kappa shape index (κ1) is 52.2. The molecule has 7 aromatic rings. The molecule has 5 aromatic heterocycles. The molecular formula is C49H57ClN13O3S2+. The number of Topliss-reactive ketones (excluding diaryl/α,β-unsaturated/α-hetero) is 1. The SMILES string of the molecule is CC(C)(C)c1ncc(C(=O)O)s1.Cc1cc(-c2ccnc(N=C3C=N[N+](C)=C3)n2)ccc1CN.Cc1cc(-c2ccnc(Nc3cnn(C)c3)n2)ccc1CCC(=O)c1cnc(C(C)(C)C)s1.Cl. The summed E-state index contributed by atoms with van der Waals surface area (Å²) in [7, 11) is 3.71. The van der Waals surface area contributed by atoms with E-state index in [1.807, 2.05) is 84.5 Å². The first-order valence-corrected chi connectivity index (χ1v) is 23.1. The zero-order valence-corrected chi connectivity index (χ0v) is 42.3. The lowest BCUT2D eigenvalue weighted by Gasteiger charge is -2.13. The second kappa shape index (κ2) is 22.8. The van der Waals surface area contributed by atoms with E-state index in [0.29, 0.717) is 36.2 Å². The maximum absolute atomic E-state index is 12.7. The highest BCUT2D eigenvalue weighted by Crippen LogP contribution is 2.29. The van der Waals surface area contributed by atoms with E-state index in [0.717, 1.165) is 71.1 Å². The summed E-state index contributed by atoms with van der Waals surface area (Å²) in [5.41, 5.74) is 15.5. The van der Waals surface area contributed by atoms with Gasteiger partial charge in [0, 0.05) is 66.8 Å². The van der Waals surface area contributed by atoms with Crippen molar-refractivity contribution in [3.8, 4) is 22.5 Å². The molecular weight excluding hydrogens is 918 g/mol. The smallest absolute Gasteiger partial charge is 0.347 e. The number of nitrogens with zero attached hydrogens (tertiary/aromatic N) is 11. The normalized spacial score (nSPS) is 12.6. The van der Waals surface area contributed by atoms with Crippen molar-refractivity contribution in [2.75, 3.05) is 12.4 Å². The lowest BCUT2D eigenvalue weighted by Crippen LogP contribution is -2.09. The molecule has 0 fully saturated rings. The summed E-state index contributed by atoms with van der Waals surface area (Å²) < 4.78 is 3.41. The van der Waals surface area contributed by atoms with Gasteiger partial charge in [0.2, 0.25) is 12.2 Å². The number of aliphatic imine (C=N–C) groups is 1. The fourth-order valence-corrected chi connectivity index (χ4v) is 8.15. The van der Waals surface area contributed by atoms with Crippen molar-refractivity contribution in [1.29, 1.82) is 0 Å². The molecule has 1 aliphatic rings. The Morgan fingerprint density at radius 2 is 1.40 bits per heavy atom. The maximum Gasteiger partial charge on any atom is 0.347 e. The molecule has 4 N–H and O–H groups in total. The topological polar surface area (TPSA) is 215 Å². The van der Waals surface area contributed by atoms with Crippen LogP contribution < -0.4 is 11.1 Å². The minimum atomic E-state index is -0.900. The Morgan fingerprint density at radius 3 is 1.91 bits per heavy atom. The minimum Gasteiger partial charge on any atom is -0.477 e. The number of carboxylic acid groups (broad SMARTS) is 1. The summed E-state index contributed by atoms with van der Waals surface area (Å²) in [6.07, 6.45) is 14.8. The molecule has 0 aliphatic carbocycles. The number of carbonyl (C=O) groups is 2. The highest BCUT2D eigenvalue weighted by Gasteiger charge is 2.21. The van der Waals surface area contributed by atoms with Crippen molar-refractivity contribution in [2.45, 2.75) is 85.6 Å². The number of rotatable bonds is 11. The second-order valence-corrected chi connectivity index (χ2v) is 19.9. The number of carboxylic acids is 1. The number of aromatic carboxylic acids is 1. The van der Waals surface area contributed by atoms with Crippen LogP contribution in [0.25, 0.3) is 22.5 Å². The van der Waals surface area contributed by atoms with Gasteiger partial charge in [0.1, 0.15) is 11.1 Å². The molecule has 0 unspecified atom stereocenters. The van der Waals surface area contributed by atoms with E-state index in [1.165, 1.54) is 28.9 Å². The fraction of sp³-hybridized carbons (Fsp3) is 0.306. The number of benzene rings is 2. The van der Waals surface area contributed by atoms with E-state index in [2.05, 4.69) is 96.3 Å². The standard InChI is InChI=1S/C25H28N6OS.C16H17N6.C8H11NO2S.ClH/c1-16-12-18(20-10-11-26-24(30-20)29-19-13-28-31(5)15-19)7-6-17(16)8-9-21(32)22-14-27-23(33-22)25(2,3)4;1-11-7-12(3-4-13(11)8-17)15-5-6-18-16(21-15)20-14-9-19-22(2)10-14;1-8(2,3)7-9-4-5(12-7)6(10)11;/h6-7,10-15H,8-9H2,1-5H3,(H,26,29,30);3-7,9-10H,8,17H2,1-2H3;4H,1-3H3,(H,10,11);1H/q;+1;;. The molecule has 6 heterocycles. The molecule has 0 atom stereocenters. The van der Waals surface area contributed by atoms with E-state index >= 15 is 0 Å². The summed E-state index contributed by atoms with van der Waals surface area (Å²) >= 11 is 2.74. The van der Waals surface area contributed by atoms with Crippen LogP contribution in [0.5, 0.6) is 0 Å². The number of nitrogens with one attached hydrogen (secondary N) is 1. The molecule has 19 heteroatoms. The Balaban J connectivity index is 0.000000212. The summed E-state index contributed by atoms with van der Waals surface area (Å²) in [5, 5.41) is 21.9. The Hall–Kier alpha value is -6.73. The number of aromatic nitrogens is 8. The van der Waals surface area contributed by atoms with Crippen molar-refractivity contribution in [3.05, 3.63) is 128 Å². The predicted octanol–water partition coefficient (Wildman–Crippen LogP) is 9.75. The number of anilines is 2. The van der Waals surface area contributed by atoms with Gasteiger partial charge in [-0.15, -0.1) is 35.1 Å². The number of thiazole rings is 2. The van der Waals surface area contributed by atoms with Crippen molar-refractivity contribution in [2.24, 2.45) is 22.9 Å². The van der Waals surface area contributed by atoms with Crippen LogP contribution in [0.4, 0.5) is 17.6 Å². The summed E-state index contributed by atoms with van der Waals surface area (Å²) in [6, 6.07) is 16.1. The lowest BCUT2D eigenvalue weighted by atomic mass is 9.98.